The number of nitrogens with zero attached hydrogens (tertiary/aromatic N) is 1. The van der Waals surface area contributed by atoms with E-state index in [4.69, 9.17) is 0 Å². The largest absolute Gasteiger partial charge is 0.342 e. The monoisotopic (exact) mass is 267 g/mol. The SMILES string of the molecule is CC(=O)N1CCC(c2ccc(Br)cc2)C1. The molecule has 1 heterocycles. The molecule has 1 aromatic carbocycles. The van der Waals surface area contributed by atoms with Crippen molar-refractivity contribution < 1.29 is 4.79 Å². The molecule has 15 heavy (non-hydrogen) atoms. The molecule has 1 fully saturated rings. The molecule has 1 amide bonds. The molecule has 0 aliphatic carbocycles. The molecular weight excluding hydrogens is 254 g/mol. The van der Waals surface area contributed by atoms with Gasteiger partial charge >= 0.3 is 0 Å². The van der Waals surface area contributed by atoms with Crippen molar-refractivity contribution in [3.63, 3.8) is 0 Å². The first-order valence-corrected chi connectivity index (χ1v) is 5.97. The van der Waals surface area contributed by atoms with Gasteiger partial charge in [0.1, 0.15) is 0 Å². The first kappa shape index (κ1) is 10.7. The molecule has 2 nitrogen and oxygen atoms in total. The fourth-order valence-electron chi connectivity index (χ4n) is 2.05. The summed E-state index contributed by atoms with van der Waals surface area (Å²) >= 11 is 3.42. The summed E-state index contributed by atoms with van der Waals surface area (Å²) < 4.78 is 1.10. The maximum Gasteiger partial charge on any atom is 0.219 e. The summed E-state index contributed by atoms with van der Waals surface area (Å²) in [7, 11) is 0. The van der Waals surface area contributed by atoms with Crippen molar-refractivity contribution in [3.8, 4) is 0 Å². The average molecular weight is 268 g/mol. The van der Waals surface area contributed by atoms with E-state index in [0.717, 1.165) is 24.0 Å². The Labute approximate surface area is 98.4 Å². The molecule has 0 spiro atoms. The molecule has 0 bridgehead atoms. The summed E-state index contributed by atoms with van der Waals surface area (Å²) in [5, 5.41) is 0. The predicted octanol–water partition coefficient (Wildman–Crippen LogP) is 2.78. The van der Waals surface area contributed by atoms with E-state index >= 15 is 0 Å². The molecule has 1 unspecified atom stereocenters. The Morgan fingerprint density at radius 2 is 2.07 bits per heavy atom. The molecule has 0 saturated carbocycles. The van der Waals surface area contributed by atoms with Gasteiger partial charge in [-0.25, -0.2) is 0 Å². The molecule has 0 radical (unpaired) electrons. The van der Waals surface area contributed by atoms with E-state index in [0.29, 0.717) is 5.92 Å². The Kier molecular flexibility index (Phi) is 3.10. The Morgan fingerprint density at radius 3 is 2.60 bits per heavy atom. The van der Waals surface area contributed by atoms with Crippen LogP contribution in [0.25, 0.3) is 0 Å². The number of carbonyl (C=O) groups excluding carboxylic acids is 1. The first-order valence-electron chi connectivity index (χ1n) is 5.18. The third-order valence-electron chi connectivity index (χ3n) is 2.97. The van der Waals surface area contributed by atoms with Gasteiger partial charge in [0.25, 0.3) is 0 Å². The van der Waals surface area contributed by atoms with Gasteiger partial charge in [-0.2, -0.15) is 0 Å². The number of carbonyl (C=O) groups is 1. The van der Waals surface area contributed by atoms with Gasteiger partial charge in [0, 0.05) is 30.4 Å². The van der Waals surface area contributed by atoms with Crippen molar-refractivity contribution in [1.82, 2.24) is 4.90 Å². The summed E-state index contributed by atoms with van der Waals surface area (Å²) in [5.41, 5.74) is 1.34. The predicted molar refractivity (Wildman–Crippen MR) is 63.8 cm³/mol. The second-order valence-corrected chi connectivity index (χ2v) is 4.92. The Hall–Kier alpha value is -0.830. The maximum absolute atomic E-state index is 11.2. The number of benzene rings is 1. The van der Waals surface area contributed by atoms with Gasteiger partial charge in [0.15, 0.2) is 0 Å². The number of hydrogen-bond acceptors (Lipinski definition) is 1. The smallest absolute Gasteiger partial charge is 0.219 e. The zero-order valence-corrected chi connectivity index (χ0v) is 10.3. The molecule has 1 aliphatic heterocycles. The number of likely N-dealkylation sites (tertiary alicyclic amines) is 1. The zero-order valence-electron chi connectivity index (χ0n) is 8.74. The summed E-state index contributed by atoms with van der Waals surface area (Å²) in [6, 6.07) is 8.40. The molecule has 1 aromatic rings. The van der Waals surface area contributed by atoms with Crippen LogP contribution in [0.1, 0.15) is 24.8 Å². The van der Waals surface area contributed by atoms with Crippen LogP contribution in [0.5, 0.6) is 0 Å². The minimum Gasteiger partial charge on any atom is -0.342 e. The lowest BCUT2D eigenvalue weighted by Crippen LogP contribution is -2.25. The standard InChI is InChI=1S/C12H14BrNO/c1-9(15)14-7-6-11(8-14)10-2-4-12(13)5-3-10/h2-5,11H,6-8H2,1H3. The molecule has 1 atom stereocenters. The van der Waals surface area contributed by atoms with Gasteiger partial charge in [0.05, 0.1) is 0 Å². The minimum absolute atomic E-state index is 0.189. The normalized spacial score (nSPS) is 20.7. The van der Waals surface area contributed by atoms with E-state index < -0.39 is 0 Å². The summed E-state index contributed by atoms with van der Waals surface area (Å²) in [5.74, 6) is 0.705. The zero-order chi connectivity index (χ0) is 10.8. The molecule has 2 rings (SSSR count). The minimum atomic E-state index is 0.189. The highest BCUT2D eigenvalue weighted by molar-refractivity contribution is 9.10. The van der Waals surface area contributed by atoms with Gasteiger partial charge in [-0.3, -0.25) is 4.79 Å². The molecule has 0 aromatic heterocycles. The van der Waals surface area contributed by atoms with Crippen LogP contribution in [-0.2, 0) is 4.79 Å². The van der Waals surface area contributed by atoms with Crippen LogP contribution in [0.2, 0.25) is 0 Å². The van der Waals surface area contributed by atoms with E-state index in [-0.39, 0.29) is 5.91 Å². The molecule has 80 valence electrons. The van der Waals surface area contributed by atoms with Gasteiger partial charge in [0.2, 0.25) is 5.91 Å². The third kappa shape index (κ3) is 2.40. The van der Waals surface area contributed by atoms with Crippen molar-refractivity contribution in [1.29, 1.82) is 0 Å². The van der Waals surface area contributed by atoms with Crippen LogP contribution in [0.4, 0.5) is 0 Å². The van der Waals surface area contributed by atoms with Crippen LogP contribution in [0.3, 0.4) is 0 Å². The summed E-state index contributed by atoms with van der Waals surface area (Å²) in [6.07, 6.45) is 1.08. The van der Waals surface area contributed by atoms with E-state index in [1.54, 1.807) is 6.92 Å². The molecular formula is C12H14BrNO. The lowest BCUT2D eigenvalue weighted by atomic mass is 9.99. The van der Waals surface area contributed by atoms with Crippen molar-refractivity contribution >= 4 is 21.8 Å². The Morgan fingerprint density at radius 1 is 1.40 bits per heavy atom. The molecule has 3 heteroatoms. The van der Waals surface area contributed by atoms with Gasteiger partial charge < -0.3 is 4.90 Å². The molecule has 1 aliphatic rings. The van der Waals surface area contributed by atoms with E-state index in [1.807, 2.05) is 4.90 Å². The van der Waals surface area contributed by atoms with Crippen LogP contribution in [0, 0.1) is 0 Å². The van der Waals surface area contributed by atoms with Gasteiger partial charge in [-0.15, -0.1) is 0 Å². The fraction of sp³-hybridized carbons (Fsp3) is 0.417. The number of amides is 1. The second-order valence-electron chi connectivity index (χ2n) is 4.00. The van der Waals surface area contributed by atoms with Gasteiger partial charge in [-0.1, -0.05) is 28.1 Å². The lowest BCUT2D eigenvalue weighted by molar-refractivity contribution is -0.127. The highest BCUT2D eigenvalue weighted by Gasteiger charge is 2.24. The van der Waals surface area contributed by atoms with Crippen molar-refractivity contribution in [2.45, 2.75) is 19.3 Å². The quantitative estimate of drug-likeness (QED) is 0.767. The van der Waals surface area contributed by atoms with E-state index in [2.05, 4.69) is 40.2 Å². The van der Waals surface area contributed by atoms with Crippen LogP contribution >= 0.6 is 15.9 Å². The van der Waals surface area contributed by atoms with Crippen LogP contribution in [-0.4, -0.2) is 23.9 Å². The molecule has 0 N–H and O–H groups in total. The van der Waals surface area contributed by atoms with Gasteiger partial charge in [-0.05, 0) is 24.1 Å². The summed E-state index contributed by atoms with van der Waals surface area (Å²) in [6.45, 7) is 3.41. The number of rotatable bonds is 1. The lowest BCUT2D eigenvalue weighted by Gasteiger charge is -2.14. The van der Waals surface area contributed by atoms with E-state index in [9.17, 15) is 4.79 Å². The van der Waals surface area contributed by atoms with E-state index in [1.165, 1.54) is 5.56 Å². The van der Waals surface area contributed by atoms with Crippen molar-refractivity contribution in [2.24, 2.45) is 0 Å². The topological polar surface area (TPSA) is 20.3 Å². The second kappa shape index (κ2) is 4.35. The summed E-state index contributed by atoms with van der Waals surface area (Å²) in [4.78, 5) is 13.1. The Balaban J connectivity index is 2.07. The van der Waals surface area contributed by atoms with Crippen molar-refractivity contribution in [2.75, 3.05) is 13.1 Å². The molecule has 1 saturated heterocycles. The highest BCUT2D eigenvalue weighted by atomic mass is 79.9. The highest BCUT2D eigenvalue weighted by Crippen LogP contribution is 2.27. The number of hydrogen-bond donors (Lipinski definition) is 0. The fourth-order valence-corrected chi connectivity index (χ4v) is 2.32. The average Bonchev–Trinajstić information content (AvgIpc) is 2.68. The third-order valence-corrected chi connectivity index (χ3v) is 3.50. The maximum atomic E-state index is 11.2. The van der Waals surface area contributed by atoms with Crippen LogP contribution < -0.4 is 0 Å². The first-order chi connectivity index (χ1) is 7.16. The van der Waals surface area contributed by atoms with Crippen LogP contribution in [0.15, 0.2) is 28.7 Å². The Bertz CT molecular complexity index is 360. The number of halogens is 1. The van der Waals surface area contributed by atoms with Crippen molar-refractivity contribution in [3.05, 3.63) is 34.3 Å².